The van der Waals surface area contributed by atoms with Crippen LogP contribution in [0.4, 0.5) is 4.39 Å². The summed E-state index contributed by atoms with van der Waals surface area (Å²) in [7, 11) is -3.44. The molecule has 0 unspecified atom stereocenters. The number of nitrogens with one attached hydrogen (secondary N) is 3. The number of rotatable bonds is 5. The number of hydrogen-bond acceptors (Lipinski definition) is 5. The van der Waals surface area contributed by atoms with E-state index in [0.717, 1.165) is 37.7 Å². The Morgan fingerprint density at radius 2 is 1.97 bits per heavy atom. The SMILES string of the molecule is CCS(=O)(=O)c1cccc(-c2cc(C(=O)NC3CCNCC3)c(C)c3[nH]c4ncc(F)cc4c23)c1. The zero-order chi connectivity index (χ0) is 24.7. The summed E-state index contributed by atoms with van der Waals surface area (Å²) in [6.07, 6.45) is 2.85. The van der Waals surface area contributed by atoms with Crippen LogP contribution >= 0.6 is 0 Å². The van der Waals surface area contributed by atoms with Crippen molar-refractivity contribution in [2.45, 2.75) is 37.6 Å². The minimum atomic E-state index is -3.44. The lowest BCUT2D eigenvalue weighted by atomic mass is 9.93. The van der Waals surface area contributed by atoms with Crippen LogP contribution in [-0.2, 0) is 9.84 Å². The molecule has 4 aromatic rings. The number of nitrogens with zero attached hydrogens (tertiary/aromatic N) is 1. The van der Waals surface area contributed by atoms with E-state index in [1.54, 1.807) is 37.3 Å². The lowest BCUT2D eigenvalue weighted by Gasteiger charge is -2.24. The molecular formula is C26H27FN4O3S. The predicted molar refractivity (Wildman–Crippen MR) is 135 cm³/mol. The third kappa shape index (κ3) is 4.30. The Bertz CT molecular complexity index is 1560. The van der Waals surface area contributed by atoms with Gasteiger partial charge < -0.3 is 15.6 Å². The van der Waals surface area contributed by atoms with Gasteiger partial charge in [0.05, 0.1) is 22.4 Å². The number of carbonyl (C=O) groups is 1. The summed E-state index contributed by atoms with van der Waals surface area (Å²) in [5.41, 5.74) is 3.67. The lowest BCUT2D eigenvalue weighted by Crippen LogP contribution is -2.42. The topological polar surface area (TPSA) is 104 Å². The Labute approximate surface area is 203 Å². The van der Waals surface area contributed by atoms with Crippen molar-refractivity contribution in [2.24, 2.45) is 0 Å². The van der Waals surface area contributed by atoms with E-state index in [0.29, 0.717) is 38.6 Å². The van der Waals surface area contributed by atoms with Gasteiger partial charge in [-0.05, 0) is 73.8 Å². The number of aromatic amines is 1. The van der Waals surface area contributed by atoms with Gasteiger partial charge in [0.1, 0.15) is 11.5 Å². The molecule has 2 aromatic carbocycles. The maximum Gasteiger partial charge on any atom is 0.251 e. The second kappa shape index (κ2) is 9.05. The number of carbonyl (C=O) groups excluding carboxylic acids is 1. The minimum absolute atomic E-state index is 0.0219. The van der Waals surface area contributed by atoms with Crippen LogP contribution in [0.5, 0.6) is 0 Å². The molecule has 2 aromatic heterocycles. The number of hydrogen-bond donors (Lipinski definition) is 3. The van der Waals surface area contributed by atoms with Gasteiger partial charge in [0, 0.05) is 22.4 Å². The maximum atomic E-state index is 14.2. The van der Waals surface area contributed by atoms with Crippen LogP contribution in [-0.4, -0.2) is 49.2 Å². The molecule has 1 aliphatic heterocycles. The van der Waals surface area contributed by atoms with Gasteiger partial charge in [-0.3, -0.25) is 4.79 Å². The second-order valence-corrected chi connectivity index (χ2v) is 11.2. The molecule has 0 aliphatic carbocycles. The van der Waals surface area contributed by atoms with Crippen molar-refractivity contribution in [3.05, 3.63) is 59.5 Å². The maximum absolute atomic E-state index is 14.2. The predicted octanol–water partition coefficient (Wildman–Crippen LogP) is 4.11. The van der Waals surface area contributed by atoms with Crippen molar-refractivity contribution >= 4 is 37.7 Å². The van der Waals surface area contributed by atoms with Gasteiger partial charge in [0.25, 0.3) is 5.91 Å². The van der Waals surface area contributed by atoms with E-state index in [4.69, 9.17) is 0 Å². The molecule has 3 heterocycles. The van der Waals surface area contributed by atoms with Gasteiger partial charge >= 0.3 is 0 Å². The number of halogens is 1. The van der Waals surface area contributed by atoms with E-state index in [9.17, 15) is 17.6 Å². The Morgan fingerprint density at radius 1 is 1.20 bits per heavy atom. The highest BCUT2D eigenvalue weighted by Crippen LogP contribution is 2.38. The van der Waals surface area contributed by atoms with Crippen LogP contribution < -0.4 is 10.6 Å². The van der Waals surface area contributed by atoms with Gasteiger partial charge in [0.2, 0.25) is 0 Å². The van der Waals surface area contributed by atoms with Crippen molar-refractivity contribution < 1.29 is 17.6 Å². The standard InChI is InChI=1S/C26H27FN4O3S/c1-3-35(33,34)19-6-4-5-16(11-19)21-13-20(26(32)30-18-7-9-28-10-8-18)15(2)24-23(21)22-12-17(27)14-29-25(22)31-24/h4-6,11-14,18,28H,3,7-10H2,1-2H3,(H,29,31)(H,30,32). The number of piperidine rings is 1. The fourth-order valence-corrected chi connectivity index (χ4v) is 5.71. The Morgan fingerprint density at radius 3 is 2.71 bits per heavy atom. The van der Waals surface area contributed by atoms with Gasteiger partial charge in [0.15, 0.2) is 9.84 Å². The monoisotopic (exact) mass is 494 g/mol. The highest BCUT2D eigenvalue weighted by molar-refractivity contribution is 7.91. The van der Waals surface area contributed by atoms with Crippen LogP contribution in [0.3, 0.4) is 0 Å². The number of benzene rings is 2. The number of aryl methyl sites for hydroxylation is 1. The van der Waals surface area contributed by atoms with E-state index in [2.05, 4.69) is 20.6 Å². The van der Waals surface area contributed by atoms with Crippen molar-refractivity contribution in [1.82, 2.24) is 20.6 Å². The van der Waals surface area contributed by atoms with Crippen LogP contribution in [0.15, 0.2) is 47.5 Å². The second-order valence-electron chi connectivity index (χ2n) is 8.95. The fraction of sp³-hybridized carbons (Fsp3) is 0.308. The van der Waals surface area contributed by atoms with Crippen LogP contribution in [0, 0.1) is 12.7 Å². The zero-order valence-corrected chi connectivity index (χ0v) is 20.4. The first-order valence-electron chi connectivity index (χ1n) is 11.7. The summed E-state index contributed by atoms with van der Waals surface area (Å²) < 4.78 is 39.3. The molecule has 3 N–H and O–H groups in total. The zero-order valence-electron chi connectivity index (χ0n) is 19.6. The first kappa shape index (κ1) is 23.4. The first-order valence-corrected chi connectivity index (χ1v) is 13.4. The normalized spacial score (nSPS) is 15.1. The smallest absolute Gasteiger partial charge is 0.251 e. The van der Waals surface area contributed by atoms with Crippen molar-refractivity contribution in [2.75, 3.05) is 18.8 Å². The number of amides is 1. The molecule has 0 saturated carbocycles. The Kier molecular flexibility index (Phi) is 6.06. The lowest BCUT2D eigenvalue weighted by molar-refractivity contribution is 0.0929. The quantitative estimate of drug-likeness (QED) is 0.387. The van der Waals surface area contributed by atoms with Crippen molar-refractivity contribution in [3.8, 4) is 11.1 Å². The Hall–Kier alpha value is -3.30. The van der Waals surface area contributed by atoms with Crippen LogP contribution in [0.1, 0.15) is 35.7 Å². The summed E-state index contributed by atoms with van der Waals surface area (Å²) in [6, 6.07) is 9.94. The Balaban J connectivity index is 1.74. The number of H-pyrrole nitrogens is 1. The molecule has 1 amide bonds. The van der Waals surface area contributed by atoms with E-state index >= 15 is 0 Å². The fourth-order valence-electron chi connectivity index (χ4n) is 4.78. The molecule has 0 bridgehead atoms. The molecule has 35 heavy (non-hydrogen) atoms. The molecule has 1 saturated heterocycles. The highest BCUT2D eigenvalue weighted by atomic mass is 32.2. The molecule has 1 aliphatic rings. The molecule has 7 nitrogen and oxygen atoms in total. The summed E-state index contributed by atoms with van der Waals surface area (Å²) in [6.45, 7) is 5.16. The number of aromatic nitrogens is 2. The molecule has 1 fully saturated rings. The average molecular weight is 495 g/mol. The van der Waals surface area contributed by atoms with Gasteiger partial charge in [-0.25, -0.2) is 17.8 Å². The number of pyridine rings is 1. The molecule has 0 spiro atoms. The molecule has 182 valence electrons. The molecule has 5 rings (SSSR count). The van der Waals surface area contributed by atoms with Gasteiger partial charge in [-0.15, -0.1) is 0 Å². The van der Waals surface area contributed by atoms with E-state index < -0.39 is 15.7 Å². The average Bonchev–Trinajstić information content (AvgIpc) is 3.24. The van der Waals surface area contributed by atoms with E-state index in [-0.39, 0.29) is 22.6 Å². The van der Waals surface area contributed by atoms with Crippen LogP contribution in [0.25, 0.3) is 33.1 Å². The number of fused-ring (bicyclic) bond motifs is 3. The van der Waals surface area contributed by atoms with Gasteiger partial charge in [-0.1, -0.05) is 19.1 Å². The van der Waals surface area contributed by atoms with Gasteiger partial charge in [-0.2, -0.15) is 0 Å². The summed E-state index contributed by atoms with van der Waals surface area (Å²) in [5, 5.41) is 7.71. The minimum Gasteiger partial charge on any atom is -0.349 e. The molecule has 0 radical (unpaired) electrons. The molecule has 0 atom stereocenters. The number of sulfone groups is 1. The van der Waals surface area contributed by atoms with Crippen molar-refractivity contribution in [1.29, 1.82) is 0 Å². The van der Waals surface area contributed by atoms with E-state index in [1.165, 1.54) is 6.07 Å². The largest absolute Gasteiger partial charge is 0.349 e. The summed E-state index contributed by atoms with van der Waals surface area (Å²) in [5.74, 6) is -0.684. The van der Waals surface area contributed by atoms with Crippen LogP contribution in [0.2, 0.25) is 0 Å². The van der Waals surface area contributed by atoms with E-state index in [1.807, 2.05) is 6.92 Å². The third-order valence-electron chi connectivity index (χ3n) is 6.76. The summed E-state index contributed by atoms with van der Waals surface area (Å²) >= 11 is 0. The first-order chi connectivity index (χ1) is 16.8. The molecule has 9 heteroatoms. The highest BCUT2D eigenvalue weighted by Gasteiger charge is 2.23. The molecular weight excluding hydrogens is 467 g/mol. The third-order valence-corrected chi connectivity index (χ3v) is 8.49. The summed E-state index contributed by atoms with van der Waals surface area (Å²) in [4.78, 5) is 21.0. The van der Waals surface area contributed by atoms with Crippen molar-refractivity contribution in [3.63, 3.8) is 0 Å².